The summed E-state index contributed by atoms with van der Waals surface area (Å²) in [4.78, 5) is 12.1. The molecule has 0 radical (unpaired) electrons. The Kier molecular flexibility index (Phi) is 13.3. The first-order chi connectivity index (χ1) is 16.1. The largest absolute Gasteiger partial charge is 0.496 e. The molecule has 0 aliphatic carbocycles. The highest BCUT2D eigenvalue weighted by Crippen LogP contribution is 2.36. The number of aliphatic hydroxyl groups excluding tert-OH is 4. The Morgan fingerprint density at radius 3 is 2.21 bits per heavy atom. The Labute approximate surface area is 195 Å². The van der Waals surface area contributed by atoms with Gasteiger partial charge in [0.05, 0.1) is 39.1 Å². The summed E-state index contributed by atoms with van der Waals surface area (Å²) in [7, 11) is 3.60. The summed E-state index contributed by atoms with van der Waals surface area (Å²) in [6, 6.07) is 11.6. The van der Waals surface area contributed by atoms with Crippen LogP contribution in [0.25, 0.3) is 0 Å². The third-order valence-corrected chi connectivity index (χ3v) is 5.12. The second-order valence-corrected chi connectivity index (χ2v) is 7.15. The predicted molar refractivity (Wildman–Crippen MR) is 125 cm³/mol. The Balaban J connectivity index is 0.00000129. The molecule has 2 aromatic carbocycles. The van der Waals surface area contributed by atoms with Gasteiger partial charge in [-0.05, 0) is 53.4 Å². The van der Waals surface area contributed by atoms with Crippen molar-refractivity contribution in [2.24, 2.45) is 0 Å². The van der Waals surface area contributed by atoms with Crippen molar-refractivity contribution in [1.29, 1.82) is 0 Å². The van der Waals surface area contributed by atoms with Crippen molar-refractivity contribution in [2.75, 3.05) is 34.5 Å². The van der Waals surface area contributed by atoms with E-state index in [1.807, 2.05) is 37.3 Å². The van der Waals surface area contributed by atoms with Crippen molar-refractivity contribution in [2.45, 2.75) is 45.0 Å². The maximum Gasteiger partial charge on any atom is 0.138 e. The van der Waals surface area contributed by atoms with Crippen molar-refractivity contribution >= 4 is 5.78 Å². The second kappa shape index (κ2) is 15.4. The molecular formula is C25H36O8. The molecule has 1 saturated heterocycles. The molecule has 0 amide bonds. The molecule has 1 aliphatic rings. The van der Waals surface area contributed by atoms with Crippen LogP contribution in [0.1, 0.15) is 48.1 Å². The summed E-state index contributed by atoms with van der Waals surface area (Å²) in [5, 5.41) is 33.3. The number of hydrogen-bond acceptors (Lipinski definition) is 8. The van der Waals surface area contributed by atoms with Gasteiger partial charge in [0.1, 0.15) is 17.3 Å². The summed E-state index contributed by atoms with van der Waals surface area (Å²) in [6.07, 6.45) is 0.0814. The molecule has 3 rings (SSSR count). The fraction of sp³-hybridized carbons (Fsp3) is 0.480. The molecule has 8 heteroatoms. The van der Waals surface area contributed by atoms with Crippen LogP contribution in [0.15, 0.2) is 36.4 Å². The first-order valence-corrected chi connectivity index (χ1v) is 10.8. The van der Waals surface area contributed by atoms with Gasteiger partial charge in [-0.2, -0.15) is 0 Å². The minimum Gasteiger partial charge on any atom is -0.496 e. The first kappa shape index (κ1) is 28.5. The average molecular weight is 465 g/mol. The van der Waals surface area contributed by atoms with E-state index in [0.29, 0.717) is 24.3 Å². The molecule has 0 bridgehead atoms. The van der Waals surface area contributed by atoms with Crippen LogP contribution in [0.2, 0.25) is 0 Å². The van der Waals surface area contributed by atoms with E-state index in [4.69, 9.17) is 24.4 Å². The lowest BCUT2D eigenvalue weighted by molar-refractivity contribution is -0.139. The summed E-state index contributed by atoms with van der Waals surface area (Å²) in [5.74, 6) is 1.55. The van der Waals surface area contributed by atoms with Gasteiger partial charge in [0.2, 0.25) is 0 Å². The van der Waals surface area contributed by atoms with Crippen LogP contribution in [0, 0.1) is 0 Å². The SMILES string of the molecule is CCOc1ccc(Cc2cc(C3CC(=O)CC(CO)O3)c(CO)cc2OC)cc1.CO.CO. The number of carbonyl (C=O) groups is 1. The Morgan fingerprint density at radius 2 is 1.67 bits per heavy atom. The zero-order valence-electron chi connectivity index (χ0n) is 19.8. The number of methoxy groups -OCH3 is 1. The van der Waals surface area contributed by atoms with Crippen molar-refractivity contribution in [1.82, 2.24) is 0 Å². The molecule has 8 nitrogen and oxygen atoms in total. The lowest BCUT2D eigenvalue weighted by Gasteiger charge is -2.30. The highest BCUT2D eigenvalue weighted by Gasteiger charge is 2.30. The normalized spacial score (nSPS) is 17.3. The lowest BCUT2D eigenvalue weighted by atomic mass is 9.91. The van der Waals surface area contributed by atoms with E-state index in [9.17, 15) is 15.0 Å². The molecule has 0 spiro atoms. The van der Waals surface area contributed by atoms with E-state index < -0.39 is 12.2 Å². The predicted octanol–water partition coefficient (Wildman–Crippen LogP) is 2.18. The molecule has 0 saturated carbocycles. The maximum atomic E-state index is 12.1. The summed E-state index contributed by atoms with van der Waals surface area (Å²) in [5.41, 5.74) is 3.45. The molecule has 4 N–H and O–H groups in total. The van der Waals surface area contributed by atoms with E-state index >= 15 is 0 Å². The molecule has 1 fully saturated rings. The van der Waals surface area contributed by atoms with Crippen LogP contribution in [-0.2, 0) is 22.6 Å². The van der Waals surface area contributed by atoms with Gasteiger partial charge >= 0.3 is 0 Å². The third-order valence-electron chi connectivity index (χ3n) is 5.12. The van der Waals surface area contributed by atoms with Crippen LogP contribution in [0.3, 0.4) is 0 Å². The standard InChI is InChI=1S/C23H28O6.2CH4O/c1-3-28-19-6-4-15(5-7-19)8-16-9-21(17(13-24)10-22(16)27-2)23-12-18(26)11-20(14-25)29-23;2*1-2/h4-7,9-10,20,23-25H,3,8,11-14H2,1-2H3;2*2H,1H3. The van der Waals surface area contributed by atoms with Crippen LogP contribution < -0.4 is 9.47 Å². The zero-order chi connectivity index (χ0) is 24.8. The van der Waals surface area contributed by atoms with E-state index in [-0.39, 0.29) is 31.8 Å². The van der Waals surface area contributed by atoms with Crippen LogP contribution >= 0.6 is 0 Å². The highest BCUT2D eigenvalue weighted by atomic mass is 16.5. The number of ketones is 1. The van der Waals surface area contributed by atoms with Gasteiger partial charge in [-0.25, -0.2) is 0 Å². The lowest BCUT2D eigenvalue weighted by Crippen LogP contribution is -2.31. The first-order valence-electron chi connectivity index (χ1n) is 10.8. The molecule has 184 valence electrons. The van der Waals surface area contributed by atoms with Gasteiger partial charge in [0.25, 0.3) is 0 Å². The molecule has 2 aromatic rings. The number of Topliss-reactive ketones (excluding diaryl/α,β-unsaturated/α-hetero) is 1. The fourth-order valence-corrected chi connectivity index (χ4v) is 3.70. The van der Waals surface area contributed by atoms with Crippen molar-refractivity contribution in [3.63, 3.8) is 0 Å². The van der Waals surface area contributed by atoms with Gasteiger partial charge in [-0.1, -0.05) is 12.1 Å². The average Bonchev–Trinajstić information content (AvgIpc) is 2.87. The zero-order valence-corrected chi connectivity index (χ0v) is 19.8. The molecule has 2 atom stereocenters. The Morgan fingerprint density at radius 1 is 1.00 bits per heavy atom. The minimum absolute atomic E-state index is 0.0491. The van der Waals surface area contributed by atoms with Crippen molar-refractivity contribution in [3.05, 3.63) is 58.7 Å². The monoisotopic (exact) mass is 464 g/mol. The molecule has 0 aromatic heterocycles. The molecule has 1 heterocycles. The fourth-order valence-electron chi connectivity index (χ4n) is 3.70. The molecule has 33 heavy (non-hydrogen) atoms. The number of hydrogen-bond donors (Lipinski definition) is 4. The second-order valence-electron chi connectivity index (χ2n) is 7.15. The third kappa shape index (κ3) is 8.10. The number of benzene rings is 2. The highest BCUT2D eigenvalue weighted by molar-refractivity contribution is 5.80. The quantitative estimate of drug-likeness (QED) is 0.468. The number of carbonyl (C=O) groups excluding carboxylic acids is 1. The number of rotatable bonds is 8. The maximum absolute atomic E-state index is 12.1. The van der Waals surface area contributed by atoms with E-state index in [1.165, 1.54) is 0 Å². The van der Waals surface area contributed by atoms with Crippen LogP contribution in [-0.4, -0.2) is 66.9 Å². The van der Waals surface area contributed by atoms with Crippen LogP contribution in [0.4, 0.5) is 0 Å². The Hall–Kier alpha value is -2.49. The van der Waals surface area contributed by atoms with Gasteiger partial charge in [0.15, 0.2) is 0 Å². The van der Waals surface area contributed by atoms with Gasteiger partial charge in [-0.15, -0.1) is 0 Å². The number of aliphatic hydroxyl groups is 4. The van der Waals surface area contributed by atoms with Crippen molar-refractivity contribution < 1.29 is 39.4 Å². The topological polar surface area (TPSA) is 126 Å². The van der Waals surface area contributed by atoms with Gasteiger partial charge in [0, 0.05) is 33.5 Å². The van der Waals surface area contributed by atoms with Gasteiger partial charge in [-0.3, -0.25) is 4.79 Å². The van der Waals surface area contributed by atoms with E-state index in [2.05, 4.69) is 0 Å². The summed E-state index contributed by atoms with van der Waals surface area (Å²) < 4.78 is 17.0. The van der Waals surface area contributed by atoms with Crippen LogP contribution in [0.5, 0.6) is 11.5 Å². The summed E-state index contributed by atoms with van der Waals surface area (Å²) in [6.45, 7) is 2.18. The molecule has 2 unspecified atom stereocenters. The molecular weight excluding hydrogens is 428 g/mol. The number of ether oxygens (including phenoxy) is 3. The van der Waals surface area contributed by atoms with E-state index in [0.717, 1.165) is 36.7 Å². The van der Waals surface area contributed by atoms with E-state index in [1.54, 1.807) is 13.2 Å². The molecule has 1 aliphatic heterocycles. The summed E-state index contributed by atoms with van der Waals surface area (Å²) >= 11 is 0. The Bertz CT molecular complexity index is 835. The van der Waals surface area contributed by atoms with Crippen molar-refractivity contribution in [3.8, 4) is 11.5 Å². The minimum atomic E-state index is -0.510. The van der Waals surface area contributed by atoms with Gasteiger partial charge < -0.3 is 34.6 Å². The smallest absolute Gasteiger partial charge is 0.138 e.